The van der Waals surface area contributed by atoms with E-state index in [2.05, 4.69) is 18.6 Å². The Morgan fingerprint density at radius 3 is 2.50 bits per heavy atom. The number of hydrogen-bond donors (Lipinski definition) is 1. The topological polar surface area (TPSA) is 46.2 Å². The van der Waals surface area contributed by atoms with Crippen LogP contribution in [0.3, 0.4) is 0 Å². The van der Waals surface area contributed by atoms with Crippen LogP contribution in [0.2, 0.25) is 0 Å². The van der Waals surface area contributed by atoms with Crippen LogP contribution < -0.4 is 4.72 Å². The molecule has 1 N–H and O–H groups in total. The van der Waals surface area contributed by atoms with Crippen LogP contribution in [-0.4, -0.2) is 20.2 Å². The van der Waals surface area contributed by atoms with Crippen molar-refractivity contribution < 1.29 is 8.42 Å². The van der Waals surface area contributed by atoms with Gasteiger partial charge in [0.25, 0.3) is 0 Å². The maximum atomic E-state index is 12.3. The minimum absolute atomic E-state index is 0.0168. The first-order chi connectivity index (χ1) is 9.27. The maximum Gasteiger partial charge on any atom is 0.212 e. The smallest absolute Gasteiger partial charge is 0.212 e. The predicted molar refractivity (Wildman–Crippen MR) is 83.2 cm³/mol. The van der Waals surface area contributed by atoms with Crippen LogP contribution in [0, 0.1) is 5.41 Å². The van der Waals surface area contributed by atoms with Gasteiger partial charge in [0.2, 0.25) is 10.0 Å². The summed E-state index contributed by atoms with van der Waals surface area (Å²) < 4.78 is 27.4. The van der Waals surface area contributed by atoms with Crippen LogP contribution >= 0.6 is 0 Å². The lowest BCUT2D eigenvalue weighted by Crippen LogP contribution is -2.36. The van der Waals surface area contributed by atoms with Gasteiger partial charge in [-0.1, -0.05) is 51.1 Å². The van der Waals surface area contributed by atoms with Gasteiger partial charge in [0.15, 0.2) is 0 Å². The molecule has 1 fully saturated rings. The zero-order valence-electron chi connectivity index (χ0n) is 12.6. The summed E-state index contributed by atoms with van der Waals surface area (Å²) in [5.74, 6) is 0.177. The number of rotatable bonds is 5. The molecule has 0 bridgehead atoms. The Kier molecular flexibility index (Phi) is 4.55. The second kappa shape index (κ2) is 5.86. The minimum atomic E-state index is -3.21. The van der Waals surface area contributed by atoms with Gasteiger partial charge in [-0.15, -0.1) is 0 Å². The van der Waals surface area contributed by atoms with Gasteiger partial charge < -0.3 is 0 Å². The van der Waals surface area contributed by atoms with Crippen LogP contribution in [0.4, 0.5) is 0 Å². The van der Waals surface area contributed by atoms with Crippen molar-refractivity contribution in [1.82, 2.24) is 4.72 Å². The summed E-state index contributed by atoms with van der Waals surface area (Å²) in [6, 6.07) is 9.93. The van der Waals surface area contributed by atoms with E-state index in [0.29, 0.717) is 0 Å². The first-order valence-corrected chi connectivity index (χ1v) is 8.98. The SMILES string of the molecule is CC(CS(=O)(=O)NC1CCC(C)(C)C1)c1ccccc1. The zero-order chi connectivity index (χ0) is 14.8. The van der Waals surface area contributed by atoms with E-state index in [0.717, 1.165) is 24.8 Å². The molecule has 20 heavy (non-hydrogen) atoms. The zero-order valence-corrected chi connectivity index (χ0v) is 13.4. The Morgan fingerprint density at radius 1 is 1.30 bits per heavy atom. The van der Waals surface area contributed by atoms with Crippen LogP contribution in [0.25, 0.3) is 0 Å². The molecule has 4 heteroatoms. The quantitative estimate of drug-likeness (QED) is 0.906. The molecule has 1 aliphatic carbocycles. The summed E-state index contributed by atoms with van der Waals surface area (Å²) in [5.41, 5.74) is 1.34. The van der Waals surface area contributed by atoms with E-state index in [1.165, 1.54) is 0 Å². The highest BCUT2D eigenvalue weighted by Gasteiger charge is 2.33. The molecule has 1 aromatic carbocycles. The minimum Gasteiger partial charge on any atom is -0.212 e. The lowest BCUT2D eigenvalue weighted by Gasteiger charge is -2.19. The Morgan fingerprint density at radius 2 is 1.95 bits per heavy atom. The van der Waals surface area contributed by atoms with E-state index in [4.69, 9.17) is 0 Å². The molecule has 0 amide bonds. The Hall–Kier alpha value is -0.870. The molecule has 3 nitrogen and oxygen atoms in total. The largest absolute Gasteiger partial charge is 0.212 e. The number of benzene rings is 1. The highest BCUT2D eigenvalue weighted by Crippen LogP contribution is 2.37. The summed E-state index contributed by atoms with van der Waals surface area (Å²) in [6.07, 6.45) is 2.98. The molecule has 0 heterocycles. The number of sulfonamides is 1. The van der Waals surface area contributed by atoms with Gasteiger partial charge in [-0.05, 0) is 36.2 Å². The first-order valence-electron chi connectivity index (χ1n) is 7.32. The van der Waals surface area contributed by atoms with Gasteiger partial charge in [0.1, 0.15) is 0 Å². The van der Waals surface area contributed by atoms with Crippen LogP contribution in [-0.2, 0) is 10.0 Å². The number of nitrogens with one attached hydrogen (secondary N) is 1. The Balaban J connectivity index is 1.95. The van der Waals surface area contributed by atoms with Crippen molar-refractivity contribution in [3.8, 4) is 0 Å². The van der Waals surface area contributed by atoms with E-state index in [-0.39, 0.29) is 23.1 Å². The molecule has 2 atom stereocenters. The summed E-state index contributed by atoms with van der Waals surface area (Å²) in [5, 5.41) is 0. The van der Waals surface area contributed by atoms with E-state index < -0.39 is 10.0 Å². The molecule has 1 aliphatic rings. The van der Waals surface area contributed by atoms with Gasteiger partial charge >= 0.3 is 0 Å². The lowest BCUT2D eigenvalue weighted by molar-refractivity contribution is 0.372. The van der Waals surface area contributed by atoms with Crippen molar-refractivity contribution in [2.75, 3.05) is 5.75 Å². The highest BCUT2D eigenvalue weighted by molar-refractivity contribution is 7.89. The average Bonchev–Trinajstić information content (AvgIpc) is 2.68. The Bertz CT molecular complexity index is 537. The van der Waals surface area contributed by atoms with Crippen molar-refractivity contribution in [2.45, 2.75) is 52.0 Å². The van der Waals surface area contributed by atoms with Crippen LogP contribution in [0.5, 0.6) is 0 Å². The van der Waals surface area contributed by atoms with Crippen LogP contribution in [0.1, 0.15) is 51.5 Å². The van der Waals surface area contributed by atoms with Crippen molar-refractivity contribution in [2.24, 2.45) is 5.41 Å². The summed E-state index contributed by atoms with van der Waals surface area (Å²) >= 11 is 0. The Labute approximate surface area is 122 Å². The lowest BCUT2D eigenvalue weighted by atomic mass is 9.92. The second-order valence-electron chi connectivity index (χ2n) is 6.81. The first kappa shape index (κ1) is 15.5. The third-order valence-electron chi connectivity index (χ3n) is 4.15. The van der Waals surface area contributed by atoms with E-state index in [1.807, 2.05) is 37.3 Å². The third kappa shape index (κ3) is 4.32. The molecule has 0 aliphatic heterocycles. The molecular weight excluding hydrogens is 270 g/mol. The monoisotopic (exact) mass is 295 g/mol. The van der Waals surface area contributed by atoms with Gasteiger partial charge in [-0.2, -0.15) is 0 Å². The van der Waals surface area contributed by atoms with E-state index in [9.17, 15) is 8.42 Å². The molecule has 0 aromatic heterocycles. The van der Waals surface area contributed by atoms with Crippen LogP contribution in [0.15, 0.2) is 30.3 Å². The van der Waals surface area contributed by atoms with Crippen molar-refractivity contribution in [3.05, 3.63) is 35.9 Å². The van der Waals surface area contributed by atoms with E-state index in [1.54, 1.807) is 0 Å². The van der Waals surface area contributed by atoms with E-state index >= 15 is 0 Å². The normalized spacial score (nSPS) is 23.6. The highest BCUT2D eigenvalue weighted by atomic mass is 32.2. The number of hydrogen-bond acceptors (Lipinski definition) is 2. The standard InChI is InChI=1S/C16H25NO2S/c1-13(14-7-5-4-6-8-14)12-20(18,19)17-15-9-10-16(2,3)11-15/h4-8,13,15,17H,9-12H2,1-3H3. The molecule has 112 valence electrons. The van der Waals surface area contributed by atoms with Crippen molar-refractivity contribution in [1.29, 1.82) is 0 Å². The van der Waals surface area contributed by atoms with Gasteiger partial charge in [0, 0.05) is 6.04 Å². The molecular formula is C16H25NO2S. The summed E-state index contributed by atoms with van der Waals surface area (Å²) in [4.78, 5) is 0. The molecule has 0 radical (unpaired) electrons. The van der Waals surface area contributed by atoms with Gasteiger partial charge in [0.05, 0.1) is 5.75 Å². The maximum absolute atomic E-state index is 12.3. The van der Waals surface area contributed by atoms with Crippen molar-refractivity contribution in [3.63, 3.8) is 0 Å². The summed E-state index contributed by atoms with van der Waals surface area (Å²) in [6.45, 7) is 6.37. The fourth-order valence-electron chi connectivity index (χ4n) is 3.05. The molecule has 2 rings (SSSR count). The fraction of sp³-hybridized carbons (Fsp3) is 0.625. The van der Waals surface area contributed by atoms with Crippen molar-refractivity contribution >= 4 is 10.0 Å². The molecule has 0 saturated heterocycles. The average molecular weight is 295 g/mol. The summed E-state index contributed by atoms with van der Waals surface area (Å²) in [7, 11) is -3.21. The molecule has 1 saturated carbocycles. The molecule has 1 aromatic rings. The second-order valence-corrected chi connectivity index (χ2v) is 8.61. The fourth-order valence-corrected chi connectivity index (χ4v) is 4.70. The third-order valence-corrected chi connectivity index (χ3v) is 5.78. The predicted octanol–water partition coefficient (Wildman–Crippen LogP) is 3.29. The van der Waals surface area contributed by atoms with Gasteiger partial charge in [-0.25, -0.2) is 13.1 Å². The molecule has 0 spiro atoms. The van der Waals surface area contributed by atoms with Gasteiger partial charge in [-0.3, -0.25) is 0 Å². The molecule has 2 unspecified atom stereocenters.